The highest BCUT2D eigenvalue weighted by molar-refractivity contribution is 7.07. The maximum atomic E-state index is 5.74. The topological polar surface area (TPSA) is 51.4 Å². The Labute approximate surface area is 124 Å². The van der Waals surface area contributed by atoms with Gasteiger partial charge in [-0.05, 0) is 37.7 Å². The molecule has 0 radical (unpaired) electrons. The quantitative estimate of drug-likeness (QED) is 0.810. The predicted molar refractivity (Wildman–Crippen MR) is 83.1 cm³/mol. The van der Waals surface area contributed by atoms with Gasteiger partial charge in [-0.2, -0.15) is 0 Å². The molecule has 5 heteroatoms. The van der Waals surface area contributed by atoms with Crippen molar-refractivity contribution in [1.82, 2.24) is 9.88 Å². The third kappa shape index (κ3) is 4.92. The Bertz CT molecular complexity index is 484. The molecule has 4 nitrogen and oxygen atoms in total. The highest BCUT2D eigenvalue weighted by atomic mass is 32.1. The first kappa shape index (κ1) is 15.0. The number of ether oxygens (including phenoxy) is 1. The van der Waals surface area contributed by atoms with E-state index in [9.17, 15) is 0 Å². The lowest BCUT2D eigenvalue weighted by atomic mass is 10.1. The van der Waals surface area contributed by atoms with Crippen LogP contribution >= 0.6 is 11.3 Å². The van der Waals surface area contributed by atoms with Crippen molar-refractivity contribution in [2.24, 2.45) is 5.73 Å². The van der Waals surface area contributed by atoms with Gasteiger partial charge >= 0.3 is 0 Å². The summed E-state index contributed by atoms with van der Waals surface area (Å²) in [5.41, 5.74) is 9.76. The van der Waals surface area contributed by atoms with Crippen molar-refractivity contribution in [3.8, 4) is 5.75 Å². The summed E-state index contributed by atoms with van der Waals surface area (Å²) in [6, 6.07) is 8.15. The molecule has 2 rings (SSSR count). The van der Waals surface area contributed by atoms with Gasteiger partial charge in [0.15, 0.2) is 0 Å². The number of aromatic nitrogens is 1. The molecular formula is C15H21N3OS. The zero-order chi connectivity index (χ0) is 14.2. The van der Waals surface area contributed by atoms with Gasteiger partial charge in [-0.3, -0.25) is 4.90 Å². The number of hydrogen-bond donors (Lipinski definition) is 1. The second-order valence-electron chi connectivity index (χ2n) is 4.75. The molecule has 0 bridgehead atoms. The number of likely N-dealkylation sites (N-methyl/N-ethyl adjacent to an activating group) is 1. The summed E-state index contributed by atoms with van der Waals surface area (Å²) in [7, 11) is 2.08. The molecule has 20 heavy (non-hydrogen) atoms. The molecule has 2 aromatic rings. The van der Waals surface area contributed by atoms with Crippen LogP contribution in [-0.2, 0) is 13.0 Å². The van der Waals surface area contributed by atoms with E-state index < -0.39 is 0 Å². The molecule has 0 aliphatic heterocycles. The smallest absolute Gasteiger partial charge is 0.119 e. The fourth-order valence-corrected chi connectivity index (χ4v) is 2.46. The van der Waals surface area contributed by atoms with Crippen molar-refractivity contribution in [3.63, 3.8) is 0 Å². The summed E-state index contributed by atoms with van der Waals surface area (Å²) in [5.74, 6) is 0.910. The zero-order valence-corrected chi connectivity index (χ0v) is 12.6. The molecular weight excluding hydrogens is 270 g/mol. The lowest BCUT2D eigenvalue weighted by Crippen LogP contribution is -2.24. The largest absolute Gasteiger partial charge is 0.492 e. The molecule has 108 valence electrons. The summed E-state index contributed by atoms with van der Waals surface area (Å²) < 4.78 is 5.74. The first-order valence-corrected chi connectivity index (χ1v) is 7.69. The van der Waals surface area contributed by atoms with Gasteiger partial charge in [0.25, 0.3) is 0 Å². The van der Waals surface area contributed by atoms with Crippen molar-refractivity contribution in [2.75, 3.05) is 26.7 Å². The van der Waals surface area contributed by atoms with E-state index in [1.807, 2.05) is 17.6 Å². The SMILES string of the molecule is CN(CCOc1ccc(CCN)cc1)Cc1cscn1. The van der Waals surface area contributed by atoms with Crippen molar-refractivity contribution in [3.05, 3.63) is 46.4 Å². The molecule has 0 unspecified atom stereocenters. The monoisotopic (exact) mass is 291 g/mol. The van der Waals surface area contributed by atoms with Gasteiger partial charge in [-0.15, -0.1) is 11.3 Å². The normalized spacial score (nSPS) is 10.9. The summed E-state index contributed by atoms with van der Waals surface area (Å²) in [4.78, 5) is 6.48. The fraction of sp³-hybridized carbons (Fsp3) is 0.400. The van der Waals surface area contributed by atoms with Gasteiger partial charge in [0.05, 0.1) is 11.2 Å². The van der Waals surface area contributed by atoms with Crippen molar-refractivity contribution in [1.29, 1.82) is 0 Å². The Hall–Kier alpha value is -1.43. The lowest BCUT2D eigenvalue weighted by Gasteiger charge is -2.15. The van der Waals surface area contributed by atoms with Crippen LogP contribution in [0.4, 0.5) is 0 Å². The van der Waals surface area contributed by atoms with Crippen LogP contribution in [-0.4, -0.2) is 36.6 Å². The van der Waals surface area contributed by atoms with Crippen LogP contribution in [0, 0.1) is 0 Å². The minimum absolute atomic E-state index is 0.677. The zero-order valence-electron chi connectivity index (χ0n) is 11.8. The second kappa shape index (κ2) is 7.99. The first-order chi connectivity index (χ1) is 9.78. The Kier molecular flexibility index (Phi) is 5.98. The average molecular weight is 291 g/mol. The van der Waals surface area contributed by atoms with E-state index >= 15 is 0 Å². The van der Waals surface area contributed by atoms with Gasteiger partial charge in [-0.1, -0.05) is 12.1 Å². The summed E-state index contributed by atoms with van der Waals surface area (Å²) in [6.07, 6.45) is 0.913. The molecule has 0 amide bonds. The van der Waals surface area contributed by atoms with Crippen LogP contribution in [0.15, 0.2) is 35.2 Å². The van der Waals surface area contributed by atoms with E-state index in [0.717, 1.165) is 31.0 Å². The van der Waals surface area contributed by atoms with Gasteiger partial charge in [0, 0.05) is 18.5 Å². The van der Waals surface area contributed by atoms with Crippen molar-refractivity contribution >= 4 is 11.3 Å². The van der Waals surface area contributed by atoms with Gasteiger partial charge < -0.3 is 10.5 Å². The van der Waals surface area contributed by atoms with Crippen LogP contribution in [0.25, 0.3) is 0 Å². The van der Waals surface area contributed by atoms with Crippen LogP contribution in [0.2, 0.25) is 0 Å². The third-order valence-corrected chi connectivity index (χ3v) is 3.65. The Morgan fingerprint density at radius 2 is 2.10 bits per heavy atom. The molecule has 0 fully saturated rings. The van der Waals surface area contributed by atoms with Gasteiger partial charge in [0.1, 0.15) is 12.4 Å². The molecule has 1 heterocycles. The van der Waals surface area contributed by atoms with Crippen LogP contribution in [0.5, 0.6) is 5.75 Å². The van der Waals surface area contributed by atoms with Crippen LogP contribution in [0.3, 0.4) is 0 Å². The highest BCUT2D eigenvalue weighted by Crippen LogP contribution is 2.12. The van der Waals surface area contributed by atoms with Gasteiger partial charge in [0.2, 0.25) is 0 Å². The van der Waals surface area contributed by atoms with Crippen molar-refractivity contribution < 1.29 is 4.74 Å². The first-order valence-electron chi connectivity index (χ1n) is 6.75. The molecule has 0 atom stereocenters. The summed E-state index contributed by atoms with van der Waals surface area (Å²) >= 11 is 1.63. The fourth-order valence-electron chi connectivity index (χ4n) is 1.91. The molecule has 1 aromatic heterocycles. The Balaban J connectivity index is 1.69. The van der Waals surface area contributed by atoms with E-state index in [-0.39, 0.29) is 0 Å². The lowest BCUT2D eigenvalue weighted by molar-refractivity contribution is 0.231. The molecule has 2 N–H and O–H groups in total. The molecule has 0 spiro atoms. The number of nitrogens with zero attached hydrogens (tertiary/aromatic N) is 2. The number of nitrogens with two attached hydrogens (primary N) is 1. The molecule has 0 saturated heterocycles. The molecule has 1 aromatic carbocycles. The Morgan fingerprint density at radius 3 is 2.75 bits per heavy atom. The second-order valence-corrected chi connectivity index (χ2v) is 5.47. The van der Waals surface area contributed by atoms with Crippen molar-refractivity contribution in [2.45, 2.75) is 13.0 Å². The number of rotatable bonds is 8. The number of hydrogen-bond acceptors (Lipinski definition) is 5. The standard InChI is InChI=1S/C15H21N3OS/c1-18(10-14-11-20-12-17-14)8-9-19-15-4-2-13(3-5-15)6-7-16/h2-5,11-12H,6-10,16H2,1H3. The van der Waals surface area contributed by atoms with Crippen LogP contribution in [0.1, 0.15) is 11.3 Å². The third-order valence-electron chi connectivity index (χ3n) is 3.01. The minimum Gasteiger partial charge on any atom is -0.492 e. The highest BCUT2D eigenvalue weighted by Gasteiger charge is 2.02. The van der Waals surface area contributed by atoms with E-state index in [0.29, 0.717) is 13.2 Å². The van der Waals surface area contributed by atoms with Gasteiger partial charge in [-0.25, -0.2) is 4.98 Å². The van der Waals surface area contributed by atoms with E-state index in [1.165, 1.54) is 5.56 Å². The van der Waals surface area contributed by atoms with E-state index in [1.54, 1.807) is 11.3 Å². The molecule has 0 saturated carbocycles. The Morgan fingerprint density at radius 1 is 1.30 bits per heavy atom. The van der Waals surface area contributed by atoms with Crippen LogP contribution < -0.4 is 10.5 Å². The number of thiazole rings is 1. The van der Waals surface area contributed by atoms with E-state index in [2.05, 4.69) is 34.4 Å². The average Bonchev–Trinajstić information content (AvgIpc) is 2.94. The predicted octanol–water partition coefficient (Wildman–Crippen LogP) is 2.16. The number of benzene rings is 1. The maximum absolute atomic E-state index is 5.74. The summed E-state index contributed by atoms with van der Waals surface area (Å²) in [6.45, 7) is 3.10. The molecule has 0 aliphatic rings. The molecule has 0 aliphatic carbocycles. The minimum atomic E-state index is 0.677. The summed E-state index contributed by atoms with van der Waals surface area (Å²) in [5, 5.41) is 2.08. The van der Waals surface area contributed by atoms with E-state index in [4.69, 9.17) is 10.5 Å². The maximum Gasteiger partial charge on any atom is 0.119 e.